The maximum atomic E-state index is 13.4. The summed E-state index contributed by atoms with van der Waals surface area (Å²) < 4.78 is 15.5. The monoisotopic (exact) mass is 366 g/mol. The lowest BCUT2D eigenvalue weighted by molar-refractivity contribution is -0.121. The molecule has 0 bridgehead atoms. The third-order valence-corrected chi connectivity index (χ3v) is 5.07. The predicted molar refractivity (Wildman–Crippen MR) is 108 cm³/mol. The third-order valence-electron chi connectivity index (χ3n) is 5.07. The molecule has 0 spiro atoms. The number of carbonyl (C=O) groups is 1. The molecule has 0 aliphatic carbocycles. The van der Waals surface area contributed by atoms with Gasteiger partial charge >= 0.3 is 0 Å². The van der Waals surface area contributed by atoms with Gasteiger partial charge in [-0.15, -0.1) is 0 Å². The summed E-state index contributed by atoms with van der Waals surface area (Å²) in [4.78, 5) is 12.6. The van der Waals surface area contributed by atoms with Gasteiger partial charge in [-0.05, 0) is 35.7 Å². The lowest BCUT2D eigenvalue weighted by Crippen LogP contribution is -2.26. The Morgan fingerprint density at radius 1 is 1.11 bits per heavy atom. The summed E-state index contributed by atoms with van der Waals surface area (Å²) in [5, 5.41) is 4.17. The number of hydrogen-bond donors (Lipinski definition) is 1. The van der Waals surface area contributed by atoms with Crippen molar-refractivity contribution in [3.05, 3.63) is 71.7 Å². The number of aromatic nitrogens is 1. The van der Waals surface area contributed by atoms with Crippen LogP contribution in [0.15, 0.2) is 54.7 Å². The van der Waals surface area contributed by atoms with Crippen LogP contribution in [0.2, 0.25) is 0 Å². The molecular weight excluding hydrogens is 339 g/mol. The number of para-hydroxylation sites is 1. The van der Waals surface area contributed by atoms with Crippen molar-refractivity contribution >= 4 is 16.8 Å². The highest BCUT2D eigenvalue weighted by atomic mass is 19.1. The fourth-order valence-corrected chi connectivity index (χ4v) is 3.61. The molecule has 142 valence electrons. The molecule has 0 aliphatic rings. The number of carbonyl (C=O) groups excluding carboxylic acids is 1. The van der Waals surface area contributed by atoms with Crippen LogP contribution < -0.4 is 5.32 Å². The lowest BCUT2D eigenvalue weighted by atomic mass is 9.88. The van der Waals surface area contributed by atoms with E-state index in [0.717, 1.165) is 41.3 Å². The van der Waals surface area contributed by atoms with Crippen LogP contribution >= 0.6 is 0 Å². The number of nitrogens with zero attached hydrogens (tertiary/aromatic N) is 1. The number of hydrogen-bond acceptors (Lipinski definition) is 1. The number of benzene rings is 2. The van der Waals surface area contributed by atoms with Crippen LogP contribution in [0.1, 0.15) is 49.7 Å². The van der Waals surface area contributed by atoms with E-state index < -0.39 is 0 Å². The third kappa shape index (κ3) is 4.57. The molecule has 0 radical (unpaired) electrons. The minimum Gasteiger partial charge on any atom is -0.356 e. The largest absolute Gasteiger partial charge is 0.356 e. The second-order valence-corrected chi connectivity index (χ2v) is 7.08. The van der Waals surface area contributed by atoms with Crippen LogP contribution in [0.4, 0.5) is 4.39 Å². The van der Waals surface area contributed by atoms with Gasteiger partial charge in [-0.25, -0.2) is 4.39 Å². The van der Waals surface area contributed by atoms with E-state index in [2.05, 4.69) is 35.1 Å². The summed E-state index contributed by atoms with van der Waals surface area (Å²) in [5.74, 6) is -0.337. The molecule has 4 heteroatoms. The summed E-state index contributed by atoms with van der Waals surface area (Å²) in [5.41, 5.74) is 3.18. The molecule has 1 amide bonds. The molecule has 1 unspecified atom stereocenters. The van der Waals surface area contributed by atoms with Crippen molar-refractivity contribution < 1.29 is 9.18 Å². The first-order chi connectivity index (χ1) is 13.1. The van der Waals surface area contributed by atoms with E-state index in [1.54, 1.807) is 12.1 Å². The zero-order valence-corrected chi connectivity index (χ0v) is 16.0. The molecule has 3 rings (SSSR count). The van der Waals surface area contributed by atoms with Gasteiger partial charge in [0.1, 0.15) is 5.82 Å². The van der Waals surface area contributed by atoms with Crippen molar-refractivity contribution in [3.63, 3.8) is 0 Å². The second kappa shape index (κ2) is 8.85. The van der Waals surface area contributed by atoms with Crippen LogP contribution in [-0.4, -0.2) is 17.0 Å². The minimum atomic E-state index is -0.264. The number of amides is 1. The van der Waals surface area contributed by atoms with Gasteiger partial charge in [0.15, 0.2) is 0 Å². The van der Waals surface area contributed by atoms with E-state index in [4.69, 9.17) is 0 Å². The Balaban J connectivity index is 1.90. The number of rotatable bonds is 8. The fraction of sp³-hybridized carbons (Fsp3) is 0.348. The van der Waals surface area contributed by atoms with Gasteiger partial charge in [0.2, 0.25) is 5.91 Å². The first kappa shape index (κ1) is 19.2. The van der Waals surface area contributed by atoms with Crippen LogP contribution in [-0.2, 0) is 11.8 Å². The second-order valence-electron chi connectivity index (χ2n) is 7.08. The average Bonchev–Trinajstić information content (AvgIpc) is 3.01. The highest BCUT2D eigenvalue weighted by Gasteiger charge is 2.22. The van der Waals surface area contributed by atoms with Crippen LogP contribution in [0, 0.1) is 5.82 Å². The van der Waals surface area contributed by atoms with E-state index in [0.29, 0.717) is 13.0 Å². The zero-order valence-electron chi connectivity index (χ0n) is 16.0. The average molecular weight is 366 g/mol. The quantitative estimate of drug-likeness (QED) is 0.550. The van der Waals surface area contributed by atoms with E-state index in [1.165, 1.54) is 12.1 Å². The maximum Gasteiger partial charge on any atom is 0.220 e. The standard InChI is InChI=1S/C23H27FN2O/c1-3-4-7-14-25-23(27)15-20(17-10-12-18(24)13-11-17)21-16-26(2)22-9-6-5-8-19(21)22/h5-6,8-13,16,20H,3-4,7,14-15H2,1-2H3,(H,25,27). The smallest absolute Gasteiger partial charge is 0.220 e. The first-order valence-corrected chi connectivity index (χ1v) is 9.66. The maximum absolute atomic E-state index is 13.4. The van der Waals surface area contributed by atoms with Gasteiger partial charge in [-0.1, -0.05) is 50.1 Å². The Bertz CT molecular complexity index is 898. The Kier molecular flexibility index (Phi) is 6.28. The van der Waals surface area contributed by atoms with Crippen molar-refractivity contribution in [2.45, 2.75) is 38.5 Å². The molecule has 1 atom stereocenters. The van der Waals surface area contributed by atoms with Crippen molar-refractivity contribution in [1.82, 2.24) is 9.88 Å². The van der Waals surface area contributed by atoms with Gasteiger partial charge < -0.3 is 9.88 Å². The van der Waals surface area contributed by atoms with Crippen LogP contribution in [0.5, 0.6) is 0 Å². The van der Waals surface area contributed by atoms with Crippen molar-refractivity contribution in [1.29, 1.82) is 0 Å². The molecule has 0 aliphatic heterocycles. The van der Waals surface area contributed by atoms with Crippen LogP contribution in [0.25, 0.3) is 10.9 Å². The fourth-order valence-electron chi connectivity index (χ4n) is 3.61. The Morgan fingerprint density at radius 2 is 1.85 bits per heavy atom. The highest BCUT2D eigenvalue weighted by molar-refractivity contribution is 5.86. The summed E-state index contributed by atoms with van der Waals surface area (Å²) in [6.07, 6.45) is 5.68. The minimum absolute atomic E-state index is 0.0355. The molecular formula is C23H27FN2O. The Labute approximate surface area is 160 Å². The van der Waals surface area contributed by atoms with Gasteiger partial charge in [0.25, 0.3) is 0 Å². The van der Waals surface area contributed by atoms with Gasteiger partial charge in [-0.2, -0.15) is 0 Å². The zero-order chi connectivity index (χ0) is 19.2. The summed E-state index contributed by atoms with van der Waals surface area (Å²) in [6.45, 7) is 2.85. The van der Waals surface area contributed by atoms with Crippen molar-refractivity contribution in [2.75, 3.05) is 6.54 Å². The van der Waals surface area contributed by atoms with Crippen LogP contribution in [0.3, 0.4) is 0 Å². The normalized spacial score (nSPS) is 12.3. The Hall–Kier alpha value is -2.62. The number of nitrogens with one attached hydrogen (secondary N) is 1. The van der Waals surface area contributed by atoms with E-state index in [1.807, 2.05) is 19.2 Å². The number of unbranched alkanes of at least 4 members (excludes halogenated alkanes) is 2. The molecule has 0 fully saturated rings. The topological polar surface area (TPSA) is 34.0 Å². The number of halogens is 1. The molecule has 0 saturated carbocycles. The molecule has 1 heterocycles. The molecule has 3 aromatic rings. The Morgan fingerprint density at radius 3 is 2.59 bits per heavy atom. The molecule has 2 aromatic carbocycles. The van der Waals surface area contributed by atoms with Gasteiger partial charge in [0.05, 0.1) is 0 Å². The molecule has 1 aromatic heterocycles. The summed E-state index contributed by atoms with van der Waals surface area (Å²) >= 11 is 0. The lowest BCUT2D eigenvalue weighted by Gasteiger charge is -2.17. The summed E-state index contributed by atoms with van der Waals surface area (Å²) in [6, 6.07) is 14.7. The number of aryl methyl sites for hydroxylation is 1. The van der Waals surface area contributed by atoms with Crippen molar-refractivity contribution in [2.24, 2.45) is 7.05 Å². The predicted octanol–water partition coefficient (Wildman–Crippen LogP) is 5.15. The highest BCUT2D eigenvalue weighted by Crippen LogP contribution is 2.34. The van der Waals surface area contributed by atoms with E-state index in [-0.39, 0.29) is 17.6 Å². The SMILES string of the molecule is CCCCCNC(=O)CC(c1ccc(F)cc1)c1cn(C)c2ccccc12. The summed E-state index contributed by atoms with van der Waals surface area (Å²) in [7, 11) is 2.01. The first-order valence-electron chi connectivity index (χ1n) is 9.66. The van der Waals surface area contributed by atoms with Gasteiger partial charge in [0, 0.05) is 43.0 Å². The van der Waals surface area contributed by atoms with E-state index >= 15 is 0 Å². The van der Waals surface area contributed by atoms with E-state index in [9.17, 15) is 9.18 Å². The van der Waals surface area contributed by atoms with Crippen molar-refractivity contribution in [3.8, 4) is 0 Å². The molecule has 3 nitrogen and oxygen atoms in total. The molecule has 27 heavy (non-hydrogen) atoms. The van der Waals surface area contributed by atoms with Gasteiger partial charge in [-0.3, -0.25) is 4.79 Å². The molecule has 1 N–H and O–H groups in total. The molecule has 0 saturated heterocycles. The number of fused-ring (bicyclic) bond motifs is 1.